The molecule has 3 aromatic rings. The lowest BCUT2D eigenvalue weighted by Gasteiger charge is -2.27. The molecule has 33 heavy (non-hydrogen) atoms. The third-order valence-electron chi connectivity index (χ3n) is 6.13. The number of aromatic nitrogens is 2. The summed E-state index contributed by atoms with van der Waals surface area (Å²) in [7, 11) is 3.04. The highest BCUT2D eigenvalue weighted by molar-refractivity contribution is 5.86. The largest absolute Gasteiger partial charge is 0.471 e. The summed E-state index contributed by atoms with van der Waals surface area (Å²) in [4.78, 5) is 25.3. The van der Waals surface area contributed by atoms with Gasteiger partial charge in [-0.1, -0.05) is 36.4 Å². The van der Waals surface area contributed by atoms with E-state index in [-0.39, 0.29) is 12.6 Å². The van der Waals surface area contributed by atoms with Gasteiger partial charge in [-0.3, -0.25) is 9.69 Å². The van der Waals surface area contributed by atoms with Crippen molar-refractivity contribution in [2.24, 2.45) is 0 Å². The predicted octanol–water partition coefficient (Wildman–Crippen LogP) is 3.83. The molecule has 0 saturated carbocycles. The number of nitrogens with zero attached hydrogens (tertiary/aromatic N) is 5. The van der Waals surface area contributed by atoms with Gasteiger partial charge in [-0.05, 0) is 36.4 Å². The van der Waals surface area contributed by atoms with Gasteiger partial charge in [0.1, 0.15) is 0 Å². The lowest BCUT2D eigenvalue weighted by atomic mass is 10.1. The van der Waals surface area contributed by atoms with E-state index >= 15 is 0 Å². The highest BCUT2D eigenvalue weighted by Crippen LogP contribution is 2.26. The molecule has 1 aliphatic rings. The Labute approximate surface area is 190 Å². The smallest absolute Gasteiger partial charge is 0.339 e. The third kappa shape index (κ3) is 5.24. The molecule has 1 aliphatic heterocycles. The van der Waals surface area contributed by atoms with Crippen LogP contribution in [-0.4, -0.2) is 78.2 Å². The van der Waals surface area contributed by atoms with Gasteiger partial charge in [0.2, 0.25) is 5.95 Å². The zero-order valence-electron chi connectivity index (χ0n) is 18.6. The van der Waals surface area contributed by atoms with E-state index in [9.17, 15) is 18.0 Å². The summed E-state index contributed by atoms with van der Waals surface area (Å²) in [6, 6.07) is 16.4. The number of halogens is 3. The van der Waals surface area contributed by atoms with Crippen molar-refractivity contribution in [2.75, 3.05) is 45.2 Å². The molecule has 0 aliphatic carbocycles. The molecule has 174 valence electrons. The van der Waals surface area contributed by atoms with E-state index in [4.69, 9.17) is 4.98 Å². The predicted molar refractivity (Wildman–Crippen MR) is 122 cm³/mol. The molecular weight excluding hydrogens is 431 g/mol. The first-order valence-corrected chi connectivity index (χ1v) is 10.8. The second kappa shape index (κ2) is 9.35. The standard InChI is InChI=1S/C24H26F3N5O/c1-30(13-14-31(2)22(33)24(25,26)27)20-10-12-32(16-20)23-28-11-9-21(29-23)19-8-7-17-5-3-4-6-18(17)15-19/h3-9,11,15,20H,10,12-14,16H2,1-2H3. The van der Waals surface area contributed by atoms with Crippen molar-refractivity contribution in [3.8, 4) is 11.3 Å². The summed E-state index contributed by atoms with van der Waals surface area (Å²) in [5.74, 6) is -1.18. The van der Waals surface area contributed by atoms with Crippen LogP contribution in [0.3, 0.4) is 0 Å². The molecule has 4 rings (SSSR count). The lowest BCUT2D eigenvalue weighted by Crippen LogP contribution is -2.44. The number of fused-ring (bicyclic) bond motifs is 1. The average molecular weight is 458 g/mol. The highest BCUT2D eigenvalue weighted by atomic mass is 19.4. The molecule has 6 nitrogen and oxygen atoms in total. The minimum absolute atomic E-state index is 0.0132. The van der Waals surface area contributed by atoms with Gasteiger partial charge in [-0.15, -0.1) is 0 Å². The van der Waals surface area contributed by atoms with Gasteiger partial charge in [-0.25, -0.2) is 9.97 Å². The van der Waals surface area contributed by atoms with Gasteiger partial charge in [0.15, 0.2) is 0 Å². The van der Waals surface area contributed by atoms with Gasteiger partial charge in [0.25, 0.3) is 0 Å². The molecule has 0 radical (unpaired) electrons. The number of rotatable bonds is 6. The van der Waals surface area contributed by atoms with Crippen molar-refractivity contribution < 1.29 is 18.0 Å². The first-order valence-electron chi connectivity index (χ1n) is 10.8. The number of hydrogen-bond donors (Lipinski definition) is 0. The van der Waals surface area contributed by atoms with E-state index in [0.29, 0.717) is 19.0 Å². The number of alkyl halides is 3. The molecule has 9 heteroatoms. The zero-order chi connectivity index (χ0) is 23.6. The molecule has 1 amide bonds. The van der Waals surface area contributed by atoms with Crippen LogP contribution in [0.2, 0.25) is 0 Å². The van der Waals surface area contributed by atoms with E-state index in [1.807, 2.05) is 36.2 Å². The first kappa shape index (κ1) is 23.0. The van der Waals surface area contributed by atoms with Crippen molar-refractivity contribution in [1.29, 1.82) is 0 Å². The molecule has 0 spiro atoms. The Hall–Kier alpha value is -3.20. The Balaban J connectivity index is 1.39. The maximum atomic E-state index is 12.6. The van der Waals surface area contributed by atoms with E-state index in [1.54, 1.807) is 6.20 Å². The Morgan fingerprint density at radius 2 is 1.85 bits per heavy atom. The molecule has 2 aromatic carbocycles. The topological polar surface area (TPSA) is 52.6 Å². The van der Waals surface area contributed by atoms with Gasteiger partial charge in [-0.2, -0.15) is 13.2 Å². The van der Waals surface area contributed by atoms with Crippen molar-refractivity contribution >= 4 is 22.6 Å². The molecule has 1 aromatic heterocycles. The summed E-state index contributed by atoms with van der Waals surface area (Å²) >= 11 is 0. The number of amides is 1. The van der Waals surface area contributed by atoms with Crippen molar-refractivity contribution in [2.45, 2.75) is 18.6 Å². The maximum Gasteiger partial charge on any atom is 0.471 e. The van der Waals surface area contributed by atoms with Gasteiger partial charge in [0, 0.05) is 51.0 Å². The fourth-order valence-corrected chi connectivity index (χ4v) is 4.10. The Morgan fingerprint density at radius 3 is 2.61 bits per heavy atom. The van der Waals surface area contributed by atoms with Crippen LogP contribution < -0.4 is 4.90 Å². The highest BCUT2D eigenvalue weighted by Gasteiger charge is 2.41. The van der Waals surface area contributed by atoms with E-state index in [1.165, 1.54) is 12.4 Å². The average Bonchev–Trinajstić information content (AvgIpc) is 3.31. The van der Waals surface area contributed by atoms with Crippen LogP contribution >= 0.6 is 0 Å². The normalized spacial score (nSPS) is 16.5. The molecule has 1 saturated heterocycles. The number of likely N-dealkylation sites (N-methyl/N-ethyl adjacent to an activating group) is 2. The molecule has 0 N–H and O–H groups in total. The fraction of sp³-hybridized carbons (Fsp3) is 0.375. The molecule has 2 heterocycles. The summed E-state index contributed by atoms with van der Waals surface area (Å²) in [6.07, 6.45) is -2.25. The second-order valence-corrected chi connectivity index (χ2v) is 8.40. The summed E-state index contributed by atoms with van der Waals surface area (Å²) in [5.41, 5.74) is 1.86. The third-order valence-corrected chi connectivity index (χ3v) is 6.13. The van der Waals surface area contributed by atoms with Crippen LogP contribution in [0.4, 0.5) is 19.1 Å². The minimum Gasteiger partial charge on any atom is -0.339 e. The summed E-state index contributed by atoms with van der Waals surface area (Å²) in [5, 5.41) is 2.32. The van der Waals surface area contributed by atoms with Crippen LogP contribution in [0.1, 0.15) is 6.42 Å². The summed E-state index contributed by atoms with van der Waals surface area (Å²) < 4.78 is 37.7. The Morgan fingerprint density at radius 1 is 1.09 bits per heavy atom. The molecule has 1 atom stereocenters. The van der Waals surface area contributed by atoms with Crippen LogP contribution in [0.5, 0.6) is 0 Å². The quantitative estimate of drug-likeness (QED) is 0.563. The Kier molecular flexibility index (Phi) is 6.51. The van der Waals surface area contributed by atoms with Crippen LogP contribution in [-0.2, 0) is 4.79 Å². The number of benzene rings is 2. The van der Waals surface area contributed by atoms with E-state index in [0.717, 1.165) is 34.5 Å². The first-order chi connectivity index (χ1) is 15.7. The summed E-state index contributed by atoms with van der Waals surface area (Å²) in [6.45, 7) is 1.80. The zero-order valence-corrected chi connectivity index (χ0v) is 18.6. The maximum absolute atomic E-state index is 12.6. The van der Waals surface area contributed by atoms with Crippen molar-refractivity contribution in [3.05, 3.63) is 54.7 Å². The van der Waals surface area contributed by atoms with Crippen molar-refractivity contribution in [1.82, 2.24) is 19.8 Å². The van der Waals surface area contributed by atoms with Crippen molar-refractivity contribution in [3.63, 3.8) is 0 Å². The Bertz CT molecular complexity index is 1140. The molecule has 1 unspecified atom stereocenters. The molecule has 1 fully saturated rings. The fourth-order valence-electron chi connectivity index (χ4n) is 4.10. The van der Waals surface area contributed by atoms with Gasteiger partial charge in [0.05, 0.1) is 5.69 Å². The van der Waals surface area contributed by atoms with Crippen LogP contribution in [0, 0.1) is 0 Å². The molecular formula is C24H26F3N5O. The molecule has 0 bridgehead atoms. The van der Waals surface area contributed by atoms with E-state index in [2.05, 4.69) is 34.1 Å². The minimum atomic E-state index is -4.84. The number of carbonyl (C=O) groups is 1. The van der Waals surface area contributed by atoms with Gasteiger partial charge < -0.3 is 9.80 Å². The number of anilines is 1. The second-order valence-electron chi connectivity index (χ2n) is 8.40. The van der Waals surface area contributed by atoms with Crippen LogP contribution in [0.15, 0.2) is 54.7 Å². The monoisotopic (exact) mass is 457 g/mol. The SMILES string of the molecule is CN(CCN(C)C1CCN(c2nccc(-c3ccc4ccccc4c3)n2)C1)C(=O)C(F)(F)F. The number of carbonyl (C=O) groups excluding carboxylic acids is 1. The lowest BCUT2D eigenvalue weighted by molar-refractivity contribution is -0.184. The number of hydrogen-bond acceptors (Lipinski definition) is 5. The van der Waals surface area contributed by atoms with Gasteiger partial charge >= 0.3 is 12.1 Å². The van der Waals surface area contributed by atoms with E-state index < -0.39 is 12.1 Å². The van der Waals surface area contributed by atoms with Crippen LogP contribution in [0.25, 0.3) is 22.0 Å².